The van der Waals surface area contributed by atoms with Crippen LogP contribution >= 0.6 is 0 Å². The number of carbonyl (C=O) groups is 1. The highest BCUT2D eigenvalue weighted by atomic mass is 16.8. The fraction of sp³-hybridized carbons (Fsp3) is 0.656. The molecule has 1 aromatic carbocycles. The van der Waals surface area contributed by atoms with Crippen LogP contribution in [-0.4, -0.2) is 99.2 Å². The third-order valence-corrected chi connectivity index (χ3v) is 7.96. The lowest BCUT2D eigenvalue weighted by Crippen LogP contribution is -2.45. The average Bonchev–Trinajstić information content (AvgIpc) is 3.49. The normalized spacial score (nSPS) is 28.5. The van der Waals surface area contributed by atoms with Crippen molar-refractivity contribution in [2.24, 2.45) is 15.9 Å². The highest BCUT2D eigenvalue weighted by Crippen LogP contribution is 2.41. The fourth-order valence-electron chi connectivity index (χ4n) is 5.90. The molecular formula is C32H47N3O8. The van der Waals surface area contributed by atoms with Crippen LogP contribution in [0.5, 0.6) is 0 Å². The van der Waals surface area contributed by atoms with Crippen molar-refractivity contribution in [3.05, 3.63) is 48.6 Å². The second-order valence-electron chi connectivity index (χ2n) is 11.8. The summed E-state index contributed by atoms with van der Waals surface area (Å²) >= 11 is 0. The summed E-state index contributed by atoms with van der Waals surface area (Å²) in [6.07, 6.45) is 1.10. The minimum Gasteiger partial charge on any atom is -0.483 e. The van der Waals surface area contributed by atoms with Crippen LogP contribution < -0.4 is 0 Å². The van der Waals surface area contributed by atoms with Gasteiger partial charge in [0.1, 0.15) is 30.9 Å². The van der Waals surface area contributed by atoms with E-state index in [1.54, 1.807) is 32.3 Å². The number of methoxy groups -OCH3 is 3. The molecule has 238 valence electrons. The van der Waals surface area contributed by atoms with E-state index >= 15 is 0 Å². The predicted molar refractivity (Wildman–Crippen MR) is 162 cm³/mol. The molecule has 0 aromatic heterocycles. The first-order valence-electron chi connectivity index (χ1n) is 15.0. The van der Waals surface area contributed by atoms with Crippen LogP contribution in [0.4, 0.5) is 4.79 Å². The van der Waals surface area contributed by atoms with Gasteiger partial charge in [-0.2, -0.15) is 0 Å². The van der Waals surface area contributed by atoms with Crippen molar-refractivity contribution >= 4 is 17.9 Å². The Hall–Kier alpha value is -2.99. The maximum Gasteiger partial charge on any atom is 0.410 e. The molecule has 3 heterocycles. The van der Waals surface area contributed by atoms with Crippen molar-refractivity contribution in [1.29, 1.82) is 0 Å². The Morgan fingerprint density at radius 2 is 1.77 bits per heavy atom. The van der Waals surface area contributed by atoms with E-state index in [1.165, 1.54) is 0 Å². The smallest absolute Gasteiger partial charge is 0.410 e. The van der Waals surface area contributed by atoms with Crippen LogP contribution in [0.25, 0.3) is 0 Å². The Morgan fingerprint density at radius 3 is 2.40 bits per heavy atom. The monoisotopic (exact) mass is 601 g/mol. The number of amides is 1. The van der Waals surface area contributed by atoms with Crippen molar-refractivity contribution < 1.29 is 38.0 Å². The maximum atomic E-state index is 13.6. The van der Waals surface area contributed by atoms with Gasteiger partial charge in [-0.25, -0.2) is 14.8 Å². The van der Waals surface area contributed by atoms with Crippen molar-refractivity contribution in [1.82, 2.24) is 4.90 Å². The molecular weight excluding hydrogens is 554 g/mol. The molecule has 0 bridgehead atoms. The van der Waals surface area contributed by atoms with Gasteiger partial charge in [-0.05, 0) is 44.6 Å². The first-order valence-corrected chi connectivity index (χ1v) is 15.0. The molecule has 3 aliphatic rings. The molecule has 0 aliphatic carbocycles. The third kappa shape index (κ3) is 7.94. The number of ether oxygens (including phenoxy) is 7. The van der Waals surface area contributed by atoms with Crippen molar-refractivity contribution in [2.75, 3.05) is 27.9 Å². The SMILES string of the molecule is C=CCN(C(=O)OCc1ccccc1)[C@@H](CC[C@@H]1N=C(OC)[C@@H](C(C)C)N=C1OC)C[C@H]1O[C@@H](OC)C2OC(C)(C)OC21. The fourth-order valence-corrected chi connectivity index (χ4v) is 5.90. The summed E-state index contributed by atoms with van der Waals surface area (Å²) in [7, 11) is 4.81. The van der Waals surface area contributed by atoms with Crippen LogP contribution in [-0.2, 0) is 39.8 Å². The number of nitrogens with zero attached hydrogens (tertiary/aromatic N) is 3. The molecule has 0 spiro atoms. The molecule has 0 saturated carbocycles. The molecule has 1 aromatic rings. The van der Waals surface area contributed by atoms with Gasteiger partial charge in [-0.1, -0.05) is 50.3 Å². The van der Waals surface area contributed by atoms with E-state index in [1.807, 2.05) is 44.2 Å². The van der Waals surface area contributed by atoms with Crippen molar-refractivity contribution in [3.63, 3.8) is 0 Å². The number of rotatable bonds is 12. The van der Waals surface area contributed by atoms with Gasteiger partial charge < -0.3 is 38.1 Å². The number of fused-ring (bicyclic) bond motifs is 1. The molecule has 0 N–H and O–H groups in total. The molecule has 11 heteroatoms. The Balaban J connectivity index is 1.57. The predicted octanol–water partition coefficient (Wildman–Crippen LogP) is 4.74. The van der Waals surface area contributed by atoms with Crippen LogP contribution in [0.15, 0.2) is 53.0 Å². The van der Waals surface area contributed by atoms with Crippen LogP contribution in [0.3, 0.4) is 0 Å². The van der Waals surface area contributed by atoms with Crippen LogP contribution in [0.1, 0.15) is 52.5 Å². The Bertz CT molecular complexity index is 1140. The zero-order chi connectivity index (χ0) is 31.1. The highest BCUT2D eigenvalue weighted by molar-refractivity contribution is 5.94. The van der Waals surface area contributed by atoms with Crippen LogP contribution in [0, 0.1) is 5.92 Å². The quantitative estimate of drug-likeness (QED) is 0.316. The van der Waals surface area contributed by atoms with E-state index in [9.17, 15) is 4.79 Å². The summed E-state index contributed by atoms with van der Waals surface area (Å²) in [6, 6.07) is 8.69. The van der Waals surface area contributed by atoms with Gasteiger partial charge in [0.15, 0.2) is 12.1 Å². The molecule has 2 fully saturated rings. The molecule has 0 radical (unpaired) electrons. The lowest BCUT2D eigenvalue weighted by molar-refractivity contribution is -0.228. The Labute approximate surface area is 255 Å². The number of hydrogen-bond donors (Lipinski definition) is 0. The van der Waals surface area contributed by atoms with Gasteiger partial charge in [0.05, 0.1) is 20.3 Å². The zero-order valence-corrected chi connectivity index (χ0v) is 26.4. The number of aliphatic imine (C=N–C) groups is 2. The van der Waals surface area contributed by atoms with Gasteiger partial charge in [0.2, 0.25) is 11.8 Å². The van der Waals surface area contributed by atoms with Crippen molar-refractivity contribution in [3.8, 4) is 0 Å². The summed E-state index contributed by atoms with van der Waals surface area (Å²) in [5.41, 5.74) is 0.902. The average molecular weight is 602 g/mol. The van der Waals surface area contributed by atoms with E-state index in [4.69, 9.17) is 43.1 Å². The highest BCUT2D eigenvalue weighted by Gasteiger charge is 2.56. The third-order valence-electron chi connectivity index (χ3n) is 7.96. The Morgan fingerprint density at radius 1 is 1.07 bits per heavy atom. The molecule has 2 unspecified atom stereocenters. The standard InChI is InChI=1S/C32H47N3O8/c1-9-17-35(31(36)40-19-21-13-11-10-12-14-21)22(18-24-26-27(30(39-8)41-24)43-32(4,5)42-26)15-16-23-28(37-6)34-25(20(2)3)29(33-23)38-7/h9-14,20,22-27,30H,1,15-19H2,2-8H3/t22-,23-,24+,25+,26?,27?,30+/m0/s1. The molecule has 11 nitrogen and oxygen atoms in total. The molecule has 2 saturated heterocycles. The van der Waals surface area contributed by atoms with E-state index in [2.05, 4.69) is 20.4 Å². The first kappa shape index (κ1) is 32.9. The summed E-state index contributed by atoms with van der Waals surface area (Å²) in [6.45, 7) is 12.2. The van der Waals surface area contributed by atoms with Gasteiger partial charge in [-0.15, -0.1) is 6.58 Å². The van der Waals surface area contributed by atoms with Gasteiger partial charge >= 0.3 is 6.09 Å². The van der Waals surface area contributed by atoms with Gasteiger partial charge in [-0.3, -0.25) is 0 Å². The number of benzene rings is 1. The van der Waals surface area contributed by atoms with Crippen molar-refractivity contribution in [2.45, 2.75) is 102 Å². The minimum absolute atomic E-state index is 0.155. The van der Waals surface area contributed by atoms with E-state index in [0.717, 1.165) is 5.56 Å². The molecule has 4 rings (SSSR count). The second-order valence-corrected chi connectivity index (χ2v) is 11.8. The summed E-state index contributed by atoms with van der Waals surface area (Å²) < 4.78 is 41.3. The lowest BCUT2D eigenvalue weighted by Gasteiger charge is -2.34. The molecule has 7 atom stereocenters. The molecule has 3 aliphatic heterocycles. The topological polar surface area (TPSA) is 110 Å². The van der Waals surface area contributed by atoms with Gasteiger partial charge in [0.25, 0.3) is 0 Å². The van der Waals surface area contributed by atoms with E-state index in [-0.39, 0.29) is 55.5 Å². The summed E-state index contributed by atoms with van der Waals surface area (Å²) in [5, 5.41) is 0. The van der Waals surface area contributed by atoms with E-state index < -0.39 is 18.2 Å². The molecule has 1 amide bonds. The summed E-state index contributed by atoms with van der Waals surface area (Å²) in [5.74, 6) is 0.541. The number of hydrogen-bond acceptors (Lipinski definition) is 10. The maximum absolute atomic E-state index is 13.6. The minimum atomic E-state index is -0.775. The Kier molecular flexibility index (Phi) is 11.2. The molecule has 43 heavy (non-hydrogen) atoms. The largest absolute Gasteiger partial charge is 0.483 e. The summed E-state index contributed by atoms with van der Waals surface area (Å²) in [4.78, 5) is 25.0. The van der Waals surface area contributed by atoms with Crippen LogP contribution in [0.2, 0.25) is 0 Å². The lowest BCUT2D eigenvalue weighted by atomic mass is 9.95. The van der Waals surface area contributed by atoms with Gasteiger partial charge in [0, 0.05) is 19.7 Å². The number of carbonyl (C=O) groups excluding carboxylic acids is 1. The zero-order valence-electron chi connectivity index (χ0n) is 26.4. The van der Waals surface area contributed by atoms with E-state index in [0.29, 0.717) is 31.1 Å². The first-order chi connectivity index (χ1) is 20.6. The second kappa shape index (κ2) is 14.7.